The van der Waals surface area contributed by atoms with Crippen LogP contribution in [0.1, 0.15) is 24.8 Å². The Morgan fingerprint density at radius 1 is 1.17 bits per heavy atom. The van der Waals surface area contributed by atoms with E-state index in [0.717, 1.165) is 0 Å². The smallest absolute Gasteiger partial charge is 0.329 e. The monoisotopic (exact) mass is 262 g/mol. The topological polar surface area (TPSA) is 52.0 Å². The fourth-order valence-corrected chi connectivity index (χ4v) is 1.22. The Balaban J connectivity index is 0.000000351. The summed E-state index contributed by atoms with van der Waals surface area (Å²) in [5, 5.41) is 0. The standard InChI is InChI=1S/C7H8.C6H13F3N2/c1-7-5-3-2-4-6-7;7-6(8,9)3-1-2-5(11)4-10/h2-6H,1H3;5H,1-4,10-11H2. The first-order chi connectivity index (χ1) is 8.35. The lowest BCUT2D eigenvalue weighted by molar-refractivity contribution is -0.135. The lowest BCUT2D eigenvalue weighted by Crippen LogP contribution is -2.29. The van der Waals surface area contributed by atoms with Crippen LogP contribution in [0.2, 0.25) is 0 Å². The van der Waals surface area contributed by atoms with Crippen molar-refractivity contribution >= 4 is 0 Å². The van der Waals surface area contributed by atoms with Crippen molar-refractivity contribution in [3.8, 4) is 0 Å². The van der Waals surface area contributed by atoms with Crippen LogP contribution in [-0.2, 0) is 0 Å². The third-order valence-electron chi connectivity index (χ3n) is 2.28. The summed E-state index contributed by atoms with van der Waals surface area (Å²) in [7, 11) is 0. The van der Waals surface area contributed by atoms with E-state index in [1.54, 1.807) is 0 Å². The first-order valence-electron chi connectivity index (χ1n) is 5.89. The summed E-state index contributed by atoms with van der Waals surface area (Å²) in [5.74, 6) is 0. The molecule has 0 saturated heterocycles. The molecule has 2 nitrogen and oxygen atoms in total. The van der Waals surface area contributed by atoms with Gasteiger partial charge in [-0.3, -0.25) is 0 Å². The van der Waals surface area contributed by atoms with Gasteiger partial charge in [-0.2, -0.15) is 13.2 Å². The minimum absolute atomic E-state index is 0.0713. The van der Waals surface area contributed by atoms with Gasteiger partial charge in [0.2, 0.25) is 0 Å². The number of benzene rings is 1. The summed E-state index contributed by atoms with van der Waals surface area (Å²) < 4.78 is 34.6. The molecule has 1 atom stereocenters. The van der Waals surface area contributed by atoms with E-state index in [9.17, 15) is 13.2 Å². The molecule has 0 aliphatic rings. The molecule has 18 heavy (non-hydrogen) atoms. The molecule has 1 unspecified atom stereocenters. The largest absolute Gasteiger partial charge is 0.389 e. The maximum atomic E-state index is 11.5. The van der Waals surface area contributed by atoms with Crippen molar-refractivity contribution in [3.63, 3.8) is 0 Å². The van der Waals surface area contributed by atoms with Crippen molar-refractivity contribution in [1.82, 2.24) is 0 Å². The van der Waals surface area contributed by atoms with Crippen LogP contribution in [0, 0.1) is 6.92 Å². The van der Waals surface area contributed by atoms with Crippen LogP contribution in [0.25, 0.3) is 0 Å². The van der Waals surface area contributed by atoms with Crippen LogP contribution in [0.3, 0.4) is 0 Å². The Hall–Kier alpha value is -1.07. The summed E-state index contributed by atoms with van der Waals surface area (Å²) in [4.78, 5) is 0. The second-order valence-electron chi connectivity index (χ2n) is 4.16. The third-order valence-corrected chi connectivity index (χ3v) is 2.28. The van der Waals surface area contributed by atoms with Gasteiger partial charge in [-0.15, -0.1) is 0 Å². The molecule has 0 heterocycles. The predicted molar refractivity (Wildman–Crippen MR) is 68.1 cm³/mol. The molecule has 0 aliphatic heterocycles. The van der Waals surface area contributed by atoms with E-state index in [-0.39, 0.29) is 19.0 Å². The Kier molecular flexibility index (Phi) is 8.41. The number of halogens is 3. The van der Waals surface area contributed by atoms with Gasteiger partial charge < -0.3 is 11.5 Å². The summed E-state index contributed by atoms with van der Waals surface area (Å²) in [6.07, 6.45) is -4.41. The quantitative estimate of drug-likeness (QED) is 0.876. The molecule has 0 radical (unpaired) electrons. The lowest BCUT2D eigenvalue weighted by atomic mass is 10.1. The second kappa shape index (κ2) is 8.94. The number of rotatable bonds is 4. The molecular formula is C13H21F3N2. The number of hydrogen-bond donors (Lipinski definition) is 2. The molecule has 0 saturated carbocycles. The highest BCUT2D eigenvalue weighted by Gasteiger charge is 2.26. The van der Waals surface area contributed by atoms with Gasteiger partial charge >= 0.3 is 6.18 Å². The maximum Gasteiger partial charge on any atom is 0.389 e. The van der Waals surface area contributed by atoms with E-state index in [2.05, 4.69) is 19.1 Å². The summed E-state index contributed by atoms with van der Waals surface area (Å²) in [5.41, 5.74) is 11.7. The first-order valence-corrected chi connectivity index (χ1v) is 5.89. The van der Waals surface area contributed by atoms with Crippen LogP contribution in [0.4, 0.5) is 13.2 Å². The number of hydrogen-bond acceptors (Lipinski definition) is 2. The zero-order valence-corrected chi connectivity index (χ0v) is 10.6. The van der Waals surface area contributed by atoms with E-state index in [1.807, 2.05) is 18.2 Å². The zero-order chi connectivity index (χ0) is 14.0. The van der Waals surface area contributed by atoms with Gasteiger partial charge in [0.15, 0.2) is 0 Å². The summed E-state index contributed by atoms with van der Waals surface area (Å²) >= 11 is 0. The molecule has 0 aromatic heterocycles. The normalized spacial score (nSPS) is 12.6. The average molecular weight is 262 g/mol. The summed E-state index contributed by atoms with van der Waals surface area (Å²) in [6, 6.07) is 9.97. The molecule has 0 amide bonds. The minimum Gasteiger partial charge on any atom is -0.329 e. The van der Waals surface area contributed by atoms with Gasteiger partial charge in [0.1, 0.15) is 0 Å². The number of alkyl halides is 3. The maximum absolute atomic E-state index is 11.5. The van der Waals surface area contributed by atoms with Gasteiger partial charge in [-0.05, 0) is 19.8 Å². The highest BCUT2D eigenvalue weighted by molar-refractivity contribution is 5.11. The Morgan fingerprint density at radius 2 is 1.72 bits per heavy atom. The van der Waals surface area contributed by atoms with Gasteiger partial charge in [0.05, 0.1) is 0 Å². The molecule has 1 rings (SSSR count). The van der Waals surface area contributed by atoms with Crippen LogP contribution < -0.4 is 11.5 Å². The molecule has 0 bridgehead atoms. The van der Waals surface area contributed by atoms with E-state index in [4.69, 9.17) is 11.5 Å². The Bertz CT molecular complexity index is 299. The lowest BCUT2D eigenvalue weighted by Gasteiger charge is -2.09. The van der Waals surface area contributed by atoms with Crippen molar-refractivity contribution in [3.05, 3.63) is 35.9 Å². The minimum atomic E-state index is -4.06. The molecule has 1 aromatic rings. The fourth-order valence-electron chi connectivity index (χ4n) is 1.22. The molecular weight excluding hydrogens is 241 g/mol. The molecule has 1 aromatic carbocycles. The molecule has 104 valence electrons. The number of aryl methyl sites for hydroxylation is 1. The van der Waals surface area contributed by atoms with Gasteiger partial charge in [-0.25, -0.2) is 0 Å². The predicted octanol–water partition coefficient (Wildman–Crippen LogP) is 3.00. The van der Waals surface area contributed by atoms with Gasteiger partial charge in [0.25, 0.3) is 0 Å². The number of nitrogens with two attached hydrogens (primary N) is 2. The molecule has 0 aliphatic carbocycles. The highest BCUT2D eigenvalue weighted by Crippen LogP contribution is 2.22. The van der Waals surface area contributed by atoms with Crippen LogP contribution in [0.5, 0.6) is 0 Å². The van der Waals surface area contributed by atoms with Crippen LogP contribution in [-0.4, -0.2) is 18.8 Å². The van der Waals surface area contributed by atoms with E-state index in [0.29, 0.717) is 6.42 Å². The van der Waals surface area contributed by atoms with Crippen LogP contribution >= 0.6 is 0 Å². The van der Waals surface area contributed by atoms with Crippen molar-refractivity contribution in [2.45, 2.75) is 38.4 Å². The average Bonchev–Trinajstić information content (AvgIpc) is 2.29. The van der Waals surface area contributed by atoms with Crippen LogP contribution in [0.15, 0.2) is 30.3 Å². The van der Waals surface area contributed by atoms with Gasteiger partial charge in [-0.1, -0.05) is 35.9 Å². The van der Waals surface area contributed by atoms with Crippen molar-refractivity contribution in [1.29, 1.82) is 0 Å². The fraction of sp³-hybridized carbons (Fsp3) is 0.538. The second-order valence-corrected chi connectivity index (χ2v) is 4.16. The van der Waals surface area contributed by atoms with E-state index >= 15 is 0 Å². The van der Waals surface area contributed by atoms with E-state index < -0.39 is 12.6 Å². The highest BCUT2D eigenvalue weighted by atomic mass is 19.4. The summed E-state index contributed by atoms with van der Waals surface area (Å²) in [6.45, 7) is 2.33. The van der Waals surface area contributed by atoms with Gasteiger partial charge in [0, 0.05) is 19.0 Å². The molecule has 0 spiro atoms. The molecule has 4 N–H and O–H groups in total. The Morgan fingerprint density at radius 3 is 2.06 bits per heavy atom. The first kappa shape index (κ1) is 16.9. The zero-order valence-electron chi connectivity index (χ0n) is 10.6. The van der Waals surface area contributed by atoms with Crippen molar-refractivity contribution in [2.24, 2.45) is 11.5 Å². The third kappa shape index (κ3) is 11.4. The Labute approximate surface area is 106 Å². The van der Waals surface area contributed by atoms with Crippen molar-refractivity contribution in [2.75, 3.05) is 6.54 Å². The molecule has 0 fully saturated rings. The van der Waals surface area contributed by atoms with E-state index in [1.165, 1.54) is 5.56 Å². The molecule has 5 heteroatoms. The van der Waals surface area contributed by atoms with Crippen molar-refractivity contribution < 1.29 is 13.2 Å². The SMILES string of the molecule is Cc1ccccc1.NCC(N)CCCC(F)(F)F.